The van der Waals surface area contributed by atoms with E-state index in [0.29, 0.717) is 6.61 Å². The van der Waals surface area contributed by atoms with Crippen LogP contribution in [0.15, 0.2) is 6.20 Å². The molecule has 0 amide bonds. The predicted octanol–water partition coefficient (Wildman–Crippen LogP) is 5.63. The van der Waals surface area contributed by atoms with Crippen molar-refractivity contribution in [1.82, 2.24) is 4.57 Å². The summed E-state index contributed by atoms with van der Waals surface area (Å²) in [5.74, 6) is -0.172. The SMILES string of the molecule is CCCCCCCCc1cn(C(C)(C)C)c(C)c1C(=O)OCC. The molecule has 132 valence electrons. The summed E-state index contributed by atoms with van der Waals surface area (Å²) in [5.41, 5.74) is 2.93. The molecule has 1 rings (SSSR count). The molecule has 1 aromatic rings. The first-order valence-corrected chi connectivity index (χ1v) is 9.21. The Morgan fingerprint density at radius 1 is 1.09 bits per heavy atom. The molecule has 0 unspecified atom stereocenters. The topological polar surface area (TPSA) is 31.2 Å². The smallest absolute Gasteiger partial charge is 0.340 e. The minimum absolute atomic E-state index is 0.0231. The highest BCUT2D eigenvalue weighted by molar-refractivity contribution is 5.92. The third-order valence-electron chi connectivity index (χ3n) is 4.33. The van der Waals surface area contributed by atoms with Crippen molar-refractivity contribution >= 4 is 5.97 Å². The molecule has 0 aliphatic rings. The standard InChI is InChI=1S/C20H35NO2/c1-7-9-10-11-12-13-14-17-15-21(20(4,5)6)16(3)18(17)19(22)23-8-2/h15H,7-14H2,1-6H3. The molecule has 0 fully saturated rings. The fraction of sp³-hybridized carbons (Fsp3) is 0.750. The summed E-state index contributed by atoms with van der Waals surface area (Å²) < 4.78 is 7.50. The number of aromatic nitrogens is 1. The van der Waals surface area contributed by atoms with Crippen LogP contribution >= 0.6 is 0 Å². The number of carbonyl (C=O) groups is 1. The number of rotatable bonds is 9. The molecule has 0 aliphatic carbocycles. The van der Waals surface area contributed by atoms with E-state index in [1.54, 1.807) is 0 Å². The van der Waals surface area contributed by atoms with Gasteiger partial charge in [-0.25, -0.2) is 4.79 Å². The Morgan fingerprint density at radius 2 is 1.70 bits per heavy atom. The van der Waals surface area contributed by atoms with E-state index in [1.165, 1.54) is 32.1 Å². The van der Waals surface area contributed by atoms with Crippen molar-refractivity contribution in [1.29, 1.82) is 0 Å². The van der Waals surface area contributed by atoms with Gasteiger partial charge in [0.2, 0.25) is 0 Å². The van der Waals surface area contributed by atoms with Crippen molar-refractivity contribution in [3.63, 3.8) is 0 Å². The van der Waals surface area contributed by atoms with Crippen molar-refractivity contribution in [2.45, 2.75) is 92.0 Å². The van der Waals surface area contributed by atoms with Crippen molar-refractivity contribution in [3.8, 4) is 0 Å². The molecule has 0 radical (unpaired) electrons. The van der Waals surface area contributed by atoms with Crippen LogP contribution in [-0.4, -0.2) is 17.1 Å². The molecule has 0 saturated heterocycles. The first-order chi connectivity index (χ1) is 10.8. The number of nitrogens with zero attached hydrogens (tertiary/aromatic N) is 1. The van der Waals surface area contributed by atoms with Gasteiger partial charge in [-0.3, -0.25) is 0 Å². The van der Waals surface area contributed by atoms with Crippen LogP contribution in [0, 0.1) is 6.92 Å². The highest BCUT2D eigenvalue weighted by Gasteiger charge is 2.24. The second kappa shape index (κ2) is 9.14. The first kappa shape index (κ1) is 19.8. The average Bonchev–Trinajstić information content (AvgIpc) is 2.80. The number of carbonyl (C=O) groups excluding carboxylic acids is 1. The third kappa shape index (κ3) is 5.71. The van der Waals surface area contributed by atoms with E-state index in [1.807, 2.05) is 13.8 Å². The van der Waals surface area contributed by atoms with E-state index in [-0.39, 0.29) is 11.5 Å². The fourth-order valence-electron chi connectivity index (χ4n) is 3.13. The van der Waals surface area contributed by atoms with Gasteiger partial charge in [0.15, 0.2) is 0 Å². The normalized spacial score (nSPS) is 11.7. The maximum Gasteiger partial charge on any atom is 0.340 e. The molecule has 3 nitrogen and oxygen atoms in total. The van der Waals surface area contributed by atoms with Gasteiger partial charge in [-0.2, -0.15) is 0 Å². The summed E-state index contributed by atoms with van der Waals surface area (Å²) in [7, 11) is 0. The van der Waals surface area contributed by atoms with Crippen LogP contribution in [0.5, 0.6) is 0 Å². The van der Waals surface area contributed by atoms with E-state index in [0.717, 1.165) is 29.7 Å². The lowest BCUT2D eigenvalue weighted by Gasteiger charge is -2.23. The molecule has 0 atom stereocenters. The lowest BCUT2D eigenvalue weighted by atomic mass is 10.0. The zero-order valence-electron chi connectivity index (χ0n) is 16.0. The Labute approximate surface area is 142 Å². The molecule has 1 heterocycles. The van der Waals surface area contributed by atoms with Crippen LogP contribution in [0.2, 0.25) is 0 Å². The zero-order valence-corrected chi connectivity index (χ0v) is 16.0. The molecule has 23 heavy (non-hydrogen) atoms. The molecule has 0 spiro atoms. The molecule has 0 aromatic carbocycles. The molecule has 0 N–H and O–H groups in total. The Kier molecular flexibility index (Phi) is 7.87. The quantitative estimate of drug-likeness (QED) is 0.436. The van der Waals surface area contributed by atoms with Crippen molar-refractivity contribution in [2.24, 2.45) is 0 Å². The number of unbranched alkanes of at least 4 members (excludes halogenated alkanes) is 5. The summed E-state index contributed by atoms with van der Waals surface area (Å²) in [6.45, 7) is 13.1. The van der Waals surface area contributed by atoms with Crippen LogP contribution in [-0.2, 0) is 16.7 Å². The zero-order chi connectivity index (χ0) is 17.5. The van der Waals surface area contributed by atoms with Gasteiger partial charge in [0.1, 0.15) is 0 Å². The van der Waals surface area contributed by atoms with E-state index < -0.39 is 0 Å². The van der Waals surface area contributed by atoms with Gasteiger partial charge in [0.05, 0.1) is 12.2 Å². The summed E-state index contributed by atoms with van der Waals surface area (Å²) >= 11 is 0. The molecule has 1 aromatic heterocycles. The van der Waals surface area contributed by atoms with Gasteiger partial charge in [-0.15, -0.1) is 0 Å². The molecule has 0 aliphatic heterocycles. The minimum Gasteiger partial charge on any atom is -0.462 e. The predicted molar refractivity (Wildman–Crippen MR) is 97.2 cm³/mol. The Balaban J connectivity index is 2.85. The Morgan fingerprint density at radius 3 is 2.26 bits per heavy atom. The van der Waals surface area contributed by atoms with Crippen LogP contribution in [0.3, 0.4) is 0 Å². The van der Waals surface area contributed by atoms with Gasteiger partial charge in [-0.05, 0) is 53.0 Å². The van der Waals surface area contributed by atoms with Crippen molar-refractivity contribution < 1.29 is 9.53 Å². The van der Waals surface area contributed by atoms with E-state index in [9.17, 15) is 4.79 Å². The molecular weight excluding hydrogens is 286 g/mol. The average molecular weight is 322 g/mol. The molecular formula is C20H35NO2. The van der Waals surface area contributed by atoms with Gasteiger partial charge in [0, 0.05) is 17.4 Å². The van der Waals surface area contributed by atoms with Gasteiger partial charge >= 0.3 is 5.97 Å². The lowest BCUT2D eigenvalue weighted by molar-refractivity contribution is 0.0524. The van der Waals surface area contributed by atoms with Gasteiger partial charge < -0.3 is 9.30 Å². The van der Waals surface area contributed by atoms with Crippen LogP contribution in [0.1, 0.15) is 94.8 Å². The van der Waals surface area contributed by atoms with Gasteiger partial charge in [-0.1, -0.05) is 39.0 Å². The second-order valence-corrected chi connectivity index (χ2v) is 7.39. The summed E-state index contributed by atoms with van der Waals surface area (Å²) in [6, 6.07) is 0. The second-order valence-electron chi connectivity index (χ2n) is 7.39. The number of hydrogen-bond donors (Lipinski definition) is 0. The Hall–Kier alpha value is -1.25. The van der Waals surface area contributed by atoms with Crippen LogP contribution < -0.4 is 0 Å². The highest BCUT2D eigenvalue weighted by atomic mass is 16.5. The van der Waals surface area contributed by atoms with Crippen molar-refractivity contribution in [3.05, 3.63) is 23.0 Å². The summed E-state index contributed by atoms with van der Waals surface area (Å²) in [4.78, 5) is 12.4. The highest BCUT2D eigenvalue weighted by Crippen LogP contribution is 2.26. The number of aryl methyl sites for hydroxylation is 1. The summed E-state index contributed by atoms with van der Waals surface area (Å²) in [6.07, 6.45) is 10.7. The van der Waals surface area contributed by atoms with Crippen LogP contribution in [0.25, 0.3) is 0 Å². The number of hydrogen-bond acceptors (Lipinski definition) is 2. The lowest BCUT2D eigenvalue weighted by Crippen LogP contribution is -2.22. The van der Waals surface area contributed by atoms with Gasteiger partial charge in [0.25, 0.3) is 0 Å². The fourth-order valence-corrected chi connectivity index (χ4v) is 3.13. The maximum atomic E-state index is 12.4. The monoisotopic (exact) mass is 321 g/mol. The number of esters is 1. The van der Waals surface area contributed by atoms with Crippen LogP contribution in [0.4, 0.5) is 0 Å². The maximum absolute atomic E-state index is 12.4. The minimum atomic E-state index is -0.172. The van der Waals surface area contributed by atoms with Crippen molar-refractivity contribution in [2.75, 3.05) is 6.61 Å². The summed E-state index contributed by atoms with van der Waals surface area (Å²) in [5, 5.41) is 0. The Bertz CT molecular complexity index is 494. The molecule has 0 bridgehead atoms. The van der Waals surface area contributed by atoms with E-state index >= 15 is 0 Å². The molecule has 3 heteroatoms. The first-order valence-electron chi connectivity index (χ1n) is 9.21. The third-order valence-corrected chi connectivity index (χ3v) is 4.33. The molecule has 0 saturated carbocycles. The van der Waals surface area contributed by atoms with E-state index in [4.69, 9.17) is 4.74 Å². The number of ether oxygens (including phenoxy) is 1. The largest absolute Gasteiger partial charge is 0.462 e. The van der Waals surface area contributed by atoms with E-state index in [2.05, 4.69) is 38.5 Å².